The third-order valence-electron chi connectivity index (χ3n) is 3.31. The Morgan fingerprint density at radius 3 is 2.78 bits per heavy atom. The molecule has 0 amide bonds. The van der Waals surface area contributed by atoms with Crippen LogP contribution in [-0.2, 0) is 6.54 Å². The van der Waals surface area contributed by atoms with Crippen molar-refractivity contribution in [1.82, 2.24) is 4.90 Å². The largest absolute Gasteiger partial charge is 0.395 e. The SMILES string of the molecule is Cc1ccc(CN(CCO)C2CC2)cc1[N+](=O)[O-]. The van der Waals surface area contributed by atoms with Gasteiger partial charge in [-0.25, -0.2) is 0 Å². The van der Waals surface area contributed by atoms with Crippen molar-refractivity contribution >= 4 is 5.69 Å². The standard InChI is InChI=1S/C13H18N2O3/c1-10-2-3-11(8-13(10)15(17)18)9-14(6-7-16)12-4-5-12/h2-3,8,12,16H,4-7,9H2,1H3. The molecule has 0 aromatic heterocycles. The molecule has 0 aliphatic heterocycles. The molecule has 1 fully saturated rings. The van der Waals surface area contributed by atoms with Gasteiger partial charge in [-0.05, 0) is 25.3 Å². The molecule has 1 aromatic rings. The minimum atomic E-state index is -0.341. The summed E-state index contributed by atoms with van der Waals surface area (Å²) in [6, 6.07) is 5.90. The van der Waals surface area contributed by atoms with Crippen LogP contribution in [0.5, 0.6) is 0 Å². The number of nitrogens with zero attached hydrogens (tertiary/aromatic N) is 2. The van der Waals surface area contributed by atoms with Gasteiger partial charge in [-0.3, -0.25) is 15.0 Å². The first-order chi connectivity index (χ1) is 8.61. The van der Waals surface area contributed by atoms with Crippen LogP contribution in [0.1, 0.15) is 24.0 Å². The predicted octanol–water partition coefficient (Wildman–Crippen LogP) is 1.86. The highest BCUT2D eigenvalue weighted by atomic mass is 16.6. The van der Waals surface area contributed by atoms with E-state index in [4.69, 9.17) is 5.11 Å². The van der Waals surface area contributed by atoms with E-state index in [9.17, 15) is 10.1 Å². The average Bonchev–Trinajstić information content (AvgIpc) is 3.14. The number of nitro groups is 1. The number of hydrogen-bond donors (Lipinski definition) is 1. The monoisotopic (exact) mass is 250 g/mol. The van der Waals surface area contributed by atoms with Gasteiger partial charge in [-0.15, -0.1) is 0 Å². The molecule has 1 aliphatic carbocycles. The Hall–Kier alpha value is -1.46. The number of aryl methyl sites for hydroxylation is 1. The van der Waals surface area contributed by atoms with Gasteiger partial charge in [-0.2, -0.15) is 0 Å². The Labute approximate surface area is 106 Å². The normalized spacial score (nSPS) is 15.1. The Morgan fingerprint density at radius 1 is 1.50 bits per heavy atom. The molecule has 18 heavy (non-hydrogen) atoms. The van der Waals surface area contributed by atoms with Crippen molar-refractivity contribution in [3.63, 3.8) is 0 Å². The highest BCUT2D eigenvalue weighted by molar-refractivity contribution is 5.42. The zero-order chi connectivity index (χ0) is 13.1. The number of nitro benzene ring substituents is 1. The lowest BCUT2D eigenvalue weighted by molar-refractivity contribution is -0.385. The maximum Gasteiger partial charge on any atom is 0.272 e. The van der Waals surface area contributed by atoms with E-state index in [1.165, 1.54) is 0 Å². The van der Waals surface area contributed by atoms with Crippen LogP contribution in [0.25, 0.3) is 0 Å². The van der Waals surface area contributed by atoms with Crippen LogP contribution in [0.2, 0.25) is 0 Å². The molecule has 2 rings (SSSR count). The van der Waals surface area contributed by atoms with E-state index in [-0.39, 0.29) is 17.2 Å². The van der Waals surface area contributed by atoms with E-state index >= 15 is 0 Å². The lowest BCUT2D eigenvalue weighted by atomic mass is 10.1. The van der Waals surface area contributed by atoms with Gasteiger partial charge >= 0.3 is 0 Å². The van der Waals surface area contributed by atoms with Crippen molar-refractivity contribution in [2.75, 3.05) is 13.2 Å². The summed E-state index contributed by atoms with van der Waals surface area (Å²) in [7, 11) is 0. The van der Waals surface area contributed by atoms with Crippen LogP contribution in [0, 0.1) is 17.0 Å². The lowest BCUT2D eigenvalue weighted by Crippen LogP contribution is -2.28. The molecule has 0 saturated heterocycles. The van der Waals surface area contributed by atoms with Gasteiger partial charge in [0.2, 0.25) is 0 Å². The van der Waals surface area contributed by atoms with Gasteiger partial charge in [0.15, 0.2) is 0 Å². The number of aliphatic hydroxyl groups excluding tert-OH is 1. The number of aliphatic hydroxyl groups is 1. The number of benzene rings is 1. The van der Waals surface area contributed by atoms with Gasteiger partial charge in [0, 0.05) is 30.8 Å². The molecule has 0 spiro atoms. The van der Waals surface area contributed by atoms with Crippen LogP contribution in [0.4, 0.5) is 5.69 Å². The van der Waals surface area contributed by atoms with E-state index in [2.05, 4.69) is 4.90 Å². The Kier molecular flexibility index (Phi) is 3.93. The second-order valence-corrected chi connectivity index (χ2v) is 4.80. The van der Waals surface area contributed by atoms with Gasteiger partial charge in [0.1, 0.15) is 0 Å². The molecule has 0 heterocycles. The van der Waals surface area contributed by atoms with E-state index in [1.54, 1.807) is 19.1 Å². The molecular formula is C13H18N2O3. The molecule has 1 aliphatic rings. The van der Waals surface area contributed by atoms with E-state index < -0.39 is 0 Å². The molecule has 0 unspecified atom stereocenters. The first-order valence-electron chi connectivity index (χ1n) is 6.20. The Morgan fingerprint density at radius 2 is 2.22 bits per heavy atom. The third kappa shape index (κ3) is 3.05. The molecule has 5 heteroatoms. The maximum absolute atomic E-state index is 10.9. The summed E-state index contributed by atoms with van der Waals surface area (Å²) in [5, 5.41) is 19.9. The molecule has 0 atom stereocenters. The number of hydrogen-bond acceptors (Lipinski definition) is 4. The second-order valence-electron chi connectivity index (χ2n) is 4.80. The molecular weight excluding hydrogens is 232 g/mol. The molecule has 0 radical (unpaired) electrons. The van der Waals surface area contributed by atoms with Gasteiger partial charge in [0.05, 0.1) is 11.5 Å². The fourth-order valence-electron chi connectivity index (χ4n) is 2.14. The van der Waals surface area contributed by atoms with Crippen molar-refractivity contribution in [3.8, 4) is 0 Å². The zero-order valence-corrected chi connectivity index (χ0v) is 10.5. The fourth-order valence-corrected chi connectivity index (χ4v) is 2.14. The summed E-state index contributed by atoms with van der Waals surface area (Å²) in [6.45, 7) is 3.18. The first-order valence-corrected chi connectivity index (χ1v) is 6.20. The van der Waals surface area contributed by atoms with Crippen molar-refractivity contribution < 1.29 is 10.0 Å². The molecule has 1 aromatic carbocycles. The van der Waals surface area contributed by atoms with Gasteiger partial charge in [-0.1, -0.05) is 12.1 Å². The summed E-state index contributed by atoms with van der Waals surface area (Å²) in [5.41, 5.74) is 1.80. The summed E-state index contributed by atoms with van der Waals surface area (Å²) in [5.74, 6) is 0. The first kappa shape index (κ1) is 13.0. The lowest BCUT2D eigenvalue weighted by Gasteiger charge is -2.20. The highest BCUT2D eigenvalue weighted by Crippen LogP contribution is 2.29. The third-order valence-corrected chi connectivity index (χ3v) is 3.31. The zero-order valence-electron chi connectivity index (χ0n) is 10.5. The smallest absolute Gasteiger partial charge is 0.272 e. The molecule has 5 nitrogen and oxygen atoms in total. The van der Waals surface area contributed by atoms with Gasteiger partial charge in [0.25, 0.3) is 5.69 Å². The second kappa shape index (κ2) is 5.46. The van der Waals surface area contributed by atoms with E-state index in [0.717, 1.165) is 18.4 Å². The minimum absolute atomic E-state index is 0.129. The van der Waals surface area contributed by atoms with Crippen LogP contribution < -0.4 is 0 Å². The topological polar surface area (TPSA) is 66.6 Å². The van der Waals surface area contributed by atoms with Crippen LogP contribution in [0.15, 0.2) is 18.2 Å². The quantitative estimate of drug-likeness (QED) is 0.618. The summed E-state index contributed by atoms with van der Waals surface area (Å²) in [6.07, 6.45) is 2.32. The Bertz CT molecular complexity index is 444. The maximum atomic E-state index is 10.9. The molecule has 1 N–H and O–H groups in total. The molecule has 0 bridgehead atoms. The minimum Gasteiger partial charge on any atom is -0.395 e. The van der Waals surface area contributed by atoms with E-state index in [0.29, 0.717) is 24.7 Å². The fraction of sp³-hybridized carbons (Fsp3) is 0.538. The van der Waals surface area contributed by atoms with Crippen molar-refractivity contribution in [1.29, 1.82) is 0 Å². The summed E-state index contributed by atoms with van der Waals surface area (Å²) in [4.78, 5) is 12.7. The predicted molar refractivity (Wildman–Crippen MR) is 68.4 cm³/mol. The van der Waals surface area contributed by atoms with Crippen molar-refractivity contribution in [2.24, 2.45) is 0 Å². The van der Waals surface area contributed by atoms with E-state index in [1.807, 2.05) is 6.07 Å². The average molecular weight is 250 g/mol. The Balaban J connectivity index is 2.12. The van der Waals surface area contributed by atoms with Crippen LogP contribution >= 0.6 is 0 Å². The summed E-state index contributed by atoms with van der Waals surface area (Å²) >= 11 is 0. The van der Waals surface area contributed by atoms with Crippen molar-refractivity contribution in [2.45, 2.75) is 32.4 Å². The number of rotatable bonds is 6. The van der Waals surface area contributed by atoms with Gasteiger partial charge < -0.3 is 5.11 Å². The summed E-state index contributed by atoms with van der Waals surface area (Å²) < 4.78 is 0. The van der Waals surface area contributed by atoms with Crippen molar-refractivity contribution in [3.05, 3.63) is 39.4 Å². The van der Waals surface area contributed by atoms with Crippen LogP contribution in [0.3, 0.4) is 0 Å². The molecule has 1 saturated carbocycles. The molecule has 98 valence electrons. The van der Waals surface area contributed by atoms with Crippen LogP contribution in [-0.4, -0.2) is 34.1 Å². The highest BCUT2D eigenvalue weighted by Gasteiger charge is 2.28.